The second-order valence-corrected chi connectivity index (χ2v) is 23.7. The molecule has 2 aliphatic heterocycles. The third-order valence-corrected chi connectivity index (χ3v) is 17.4. The Morgan fingerprint density at radius 1 is 0.971 bits per heavy atom. The fraction of sp³-hybridized carbons (Fsp3) is 0.524. The van der Waals surface area contributed by atoms with Gasteiger partial charge in [-0.25, -0.2) is 35.7 Å². The molecular weight excluding hydrogens is 929 g/mol. The number of hydrogen-bond donors (Lipinski definition) is 4. The van der Waals surface area contributed by atoms with Gasteiger partial charge in [0, 0.05) is 11.5 Å². The molecule has 2 fully saturated rings. The number of ether oxygens (including phenoxy) is 3. The van der Waals surface area contributed by atoms with E-state index in [4.69, 9.17) is 38.8 Å². The van der Waals surface area contributed by atoms with Crippen LogP contribution < -0.4 is 16.2 Å². The third kappa shape index (κ3) is 10.7. The maximum absolute atomic E-state index is 16.9. The van der Waals surface area contributed by atoms with Crippen LogP contribution in [0, 0.1) is 12.5 Å². The molecule has 9 atom stereocenters. The molecule has 0 bridgehead atoms. The Bertz CT molecular complexity index is 2710. The molecule has 0 radical (unpaired) electrons. The molecule has 0 saturated carbocycles. The number of benzene rings is 1. The van der Waals surface area contributed by atoms with E-state index in [2.05, 4.69) is 45.4 Å². The number of nitrogens with zero attached hydrogens (tertiary/aromatic N) is 8. The lowest BCUT2D eigenvalue weighted by Crippen LogP contribution is -2.50. The molecule has 3 unspecified atom stereocenters. The normalized spacial score (nSPS) is 23.5. The molecule has 23 nitrogen and oxygen atoms in total. The van der Waals surface area contributed by atoms with Gasteiger partial charge in [-0.1, -0.05) is 59.7 Å². The Morgan fingerprint density at radius 3 is 2.32 bits per heavy atom. The van der Waals surface area contributed by atoms with Gasteiger partial charge in [-0.2, -0.15) is 4.98 Å². The number of H-pyrrole nitrogens is 1. The van der Waals surface area contributed by atoms with Crippen molar-refractivity contribution in [3.63, 3.8) is 0 Å². The van der Waals surface area contributed by atoms with Gasteiger partial charge < -0.3 is 47.5 Å². The van der Waals surface area contributed by atoms with Crippen LogP contribution in [0.25, 0.3) is 27.2 Å². The minimum absolute atomic E-state index is 0.0572. The zero-order chi connectivity index (χ0) is 49.1. The molecule has 2 saturated heterocycles. The van der Waals surface area contributed by atoms with Gasteiger partial charge in [-0.15, -0.1) is 0 Å². The number of anilines is 2. The van der Waals surface area contributed by atoms with E-state index in [9.17, 15) is 24.3 Å². The maximum atomic E-state index is 16.9. The highest BCUT2D eigenvalue weighted by Crippen LogP contribution is 2.49. The maximum Gasteiger partial charge on any atom is 0.506 e. The van der Waals surface area contributed by atoms with Crippen molar-refractivity contribution in [1.29, 1.82) is 0 Å². The summed E-state index contributed by atoms with van der Waals surface area (Å²) in [4.78, 5) is 78.5. The number of rotatable bonds is 18. The Labute approximate surface area is 391 Å². The molecule has 0 spiro atoms. The van der Waals surface area contributed by atoms with Crippen LogP contribution in [0.3, 0.4) is 0 Å². The first-order valence-corrected chi connectivity index (χ1v) is 25.7. The lowest BCUT2D eigenvalue weighted by atomic mass is 10.1. The van der Waals surface area contributed by atoms with Gasteiger partial charge >= 0.3 is 14.8 Å². The summed E-state index contributed by atoms with van der Waals surface area (Å²) in [5, 5.41) is 15.0. The molecule has 364 valence electrons. The van der Waals surface area contributed by atoms with Crippen LogP contribution in [0.1, 0.15) is 70.8 Å². The second-order valence-electron chi connectivity index (χ2n) is 17.7. The predicted octanol–water partition coefficient (Wildman–Crippen LogP) is 6.37. The zero-order valence-electron chi connectivity index (χ0n) is 38.5. The summed E-state index contributed by atoms with van der Waals surface area (Å²) < 4.78 is 63.3. The summed E-state index contributed by atoms with van der Waals surface area (Å²) >= 11 is 0. The monoisotopic (exact) mass is 981 g/mol. The smallest absolute Gasteiger partial charge is 0.450 e. The topological polar surface area (TPSA) is 272 Å². The van der Waals surface area contributed by atoms with Crippen molar-refractivity contribution in [1.82, 2.24) is 39.0 Å². The quantitative estimate of drug-likeness (QED) is 0.0244. The summed E-state index contributed by atoms with van der Waals surface area (Å²) in [5.41, 5.74) is -0.112. The van der Waals surface area contributed by atoms with Gasteiger partial charge in [0.25, 0.3) is 11.5 Å². The number of fused-ring (bicyclic) bond motifs is 2. The van der Waals surface area contributed by atoms with Gasteiger partial charge in [0.2, 0.25) is 18.4 Å². The molecule has 68 heavy (non-hydrogen) atoms. The first-order chi connectivity index (χ1) is 32.3. The van der Waals surface area contributed by atoms with Gasteiger partial charge in [0.1, 0.15) is 31.2 Å². The van der Waals surface area contributed by atoms with Crippen molar-refractivity contribution in [3.05, 3.63) is 76.6 Å². The summed E-state index contributed by atoms with van der Waals surface area (Å²) in [7, 11) is -5.26. The summed E-state index contributed by atoms with van der Waals surface area (Å²) in [6.45, 7) is 21.7. The molecule has 4 N–H and O–H groups in total. The van der Waals surface area contributed by atoms with E-state index in [1.807, 2.05) is 33.9 Å². The fourth-order valence-corrected chi connectivity index (χ4v) is 9.63. The average molecular weight is 982 g/mol. The zero-order valence-corrected chi connectivity index (χ0v) is 40.4. The first-order valence-electron chi connectivity index (χ1n) is 21.7. The first kappa shape index (κ1) is 50.0. The average Bonchev–Trinajstić information content (AvgIpc) is 4.06. The molecule has 1 aromatic carbocycles. The molecule has 26 heteroatoms. The Balaban J connectivity index is 1.16. The Morgan fingerprint density at radius 2 is 1.66 bits per heavy atom. The van der Waals surface area contributed by atoms with Crippen LogP contribution in [-0.4, -0.2) is 127 Å². The van der Waals surface area contributed by atoms with Crippen LogP contribution in [-0.2, 0) is 37.0 Å². The van der Waals surface area contributed by atoms with Crippen LogP contribution in [0.15, 0.2) is 54.1 Å². The number of aromatic amines is 1. The number of alkyl halides is 1. The molecule has 2 amide bonds. The van der Waals surface area contributed by atoms with E-state index in [0.717, 1.165) is 0 Å². The number of aromatic nitrogens is 8. The highest BCUT2D eigenvalue weighted by molar-refractivity contribution is 7.41. The molecule has 0 aliphatic carbocycles. The fourth-order valence-electron chi connectivity index (χ4n) is 7.16. The van der Waals surface area contributed by atoms with E-state index in [1.165, 1.54) is 28.1 Å². The van der Waals surface area contributed by atoms with E-state index in [1.54, 1.807) is 51.1 Å². The molecule has 2 aliphatic rings. The van der Waals surface area contributed by atoms with Crippen molar-refractivity contribution in [2.75, 3.05) is 30.4 Å². The number of amides is 2. The lowest BCUT2D eigenvalue weighted by Gasteiger charge is -2.40. The molecule has 4 aromatic heterocycles. The standard InChI is InChI=1S/C42H53FN11O12PSi/c1-10-24-29(26(43)38(62-24)53-20-47-27-32(45-19-46-33(27)53)49-36(56)23-14-12-11-13-15-23)65-67(60-17-16-44-7)61-18-25-30(66-68(8,9)42(4,5)6)31(64-41(58)59)39(63-25)54-21-48-28-34(54)50-40(52-37(28)57)51-35(55)22(2)3/h11-15,19-22,24-26,29-31,38-39H,10,16-18H2,1-6,8-9H3,(H,58,59)(H,45,46,49,56)(H2,50,51,52,55,57)/t24-,25-,26?,29+,30+,31?,38-,39-,67?/m1/s1. The second kappa shape index (κ2) is 20.8. The van der Waals surface area contributed by atoms with Gasteiger partial charge in [-0.3, -0.25) is 33.8 Å². The van der Waals surface area contributed by atoms with Crippen LogP contribution in [0.4, 0.5) is 21.0 Å². The molecule has 6 heterocycles. The highest BCUT2D eigenvalue weighted by atomic mass is 31.2. The summed E-state index contributed by atoms with van der Waals surface area (Å²) in [6.07, 6.45) is -7.89. The van der Waals surface area contributed by atoms with Crippen LogP contribution in [0.5, 0.6) is 0 Å². The number of imidazole rings is 2. The van der Waals surface area contributed by atoms with Crippen molar-refractivity contribution in [2.24, 2.45) is 5.92 Å². The minimum atomic E-state index is -2.78. The minimum Gasteiger partial charge on any atom is -0.450 e. The van der Waals surface area contributed by atoms with Gasteiger partial charge in [0.05, 0.1) is 25.4 Å². The number of carboxylic acid groups (broad SMARTS) is 1. The summed E-state index contributed by atoms with van der Waals surface area (Å²) in [6, 6.07) is 8.51. The highest BCUT2D eigenvalue weighted by Gasteiger charge is 2.54. The number of carbonyl (C=O) groups is 3. The predicted molar refractivity (Wildman–Crippen MR) is 244 cm³/mol. The summed E-state index contributed by atoms with van der Waals surface area (Å²) in [5.74, 6) is -1.37. The number of hydrogen-bond acceptors (Lipinski definition) is 16. The lowest BCUT2D eigenvalue weighted by molar-refractivity contribution is -0.118. The van der Waals surface area contributed by atoms with Crippen molar-refractivity contribution in [2.45, 2.75) is 115 Å². The molecule has 5 aromatic rings. The van der Waals surface area contributed by atoms with E-state index >= 15 is 4.39 Å². The molecule has 7 rings (SSSR count). The third-order valence-electron chi connectivity index (χ3n) is 11.8. The van der Waals surface area contributed by atoms with Crippen molar-refractivity contribution in [3.8, 4) is 0 Å². The SMILES string of the molecule is [C-]#[N+]CCOP(OC[C@H]1O[C@@H](n2cnc3c(=O)[nH]c(NC(=O)C(C)C)nc32)C(OC(=O)O)[C@H]1O[Si](C)(C)C(C)(C)C)O[C@@H]1C(F)[C@H](n2cnc3c(NC(=O)c4ccccc4)ncnc32)O[C@@H]1CC. The Kier molecular flexibility index (Phi) is 15.3. The van der Waals surface area contributed by atoms with Crippen LogP contribution in [0.2, 0.25) is 18.1 Å². The molecular formula is C42H53FN11O12PSi. The number of carbonyl (C=O) groups excluding carboxylic acids is 2. The van der Waals surface area contributed by atoms with Crippen molar-refractivity contribution >= 4 is 69.0 Å². The van der Waals surface area contributed by atoms with E-state index < -0.39 is 101 Å². The number of nitrogens with one attached hydrogen (secondary N) is 3. The largest absolute Gasteiger partial charge is 0.506 e. The van der Waals surface area contributed by atoms with Gasteiger partial charge in [-0.05, 0) is 36.7 Å². The van der Waals surface area contributed by atoms with E-state index in [-0.39, 0.29) is 60.3 Å². The van der Waals surface area contributed by atoms with E-state index in [0.29, 0.717) is 5.56 Å². The van der Waals surface area contributed by atoms with Gasteiger partial charge in [0.15, 0.2) is 61.2 Å². The Hall–Kier alpha value is -5.84. The van der Waals surface area contributed by atoms with Crippen molar-refractivity contribution < 1.29 is 56.1 Å². The van der Waals surface area contributed by atoms with Crippen LogP contribution >= 0.6 is 8.60 Å². The number of halogens is 1.